The van der Waals surface area contributed by atoms with Crippen LogP contribution in [0.3, 0.4) is 0 Å². The summed E-state index contributed by atoms with van der Waals surface area (Å²) in [6.45, 7) is 0.408. The third-order valence-corrected chi connectivity index (χ3v) is 3.23. The van der Waals surface area contributed by atoms with Gasteiger partial charge in [-0.05, 0) is 11.1 Å². The van der Waals surface area contributed by atoms with E-state index in [1.54, 1.807) is 0 Å². The molecule has 3 amide bonds. The molecule has 5 heteroatoms. The van der Waals surface area contributed by atoms with Gasteiger partial charge >= 0.3 is 6.03 Å². The molecule has 114 valence electrons. The summed E-state index contributed by atoms with van der Waals surface area (Å²) in [6, 6.07) is 17.7. The molecule has 0 spiro atoms. The quantitative estimate of drug-likeness (QED) is 0.756. The fourth-order valence-corrected chi connectivity index (χ4v) is 2.14. The summed E-state index contributed by atoms with van der Waals surface area (Å²) < 4.78 is 0. The molecule has 0 aliphatic carbocycles. The minimum absolute atomic E-state index is 0.258. The Kier molecular flexibility index (Phi) is 5.54. The second-order valence-corrected chi connectivity index (χ2v) is 4.95. The van der Waals surface area contributed by atoms with Crippen molar-refractivity contribution in [2.24, 2.45) is 5.73 Å². The van der Waals surface area contributed by atoms with Gasteiger partial charge in [0, 0.05) is 13.0 Å². The largest absolute Gasteiger partial charge is 0.352 e. The number of rotatable bonds is 6. The van der Waals surface area contributed by atoms with Crippen LogP contribution in [-0.4, -0.2) is 18.0 Å². The van der Waals surface area contributed by atoms with Crippen LogP contribution in [0.1, 0.15) is 11.1 Å². The van der Waals surface area contributed by atoms with Crippen molar-refractivity contribution in [2.45, 2.75) is 19.0 Å². The second-order valence-electron chi connectivity index (χ2n) is 4.95. The van der Waals surface area contributed by atoms with Crippen LogP contribution in [0.25, 0.3) is 0 Å². The lowest BCUT2D eigenvalue weighted by molar-refractivity contribution is -0.123. The van der Waals surface area contributed by atoms with Crippen LogP contribution in [-0.2, 0) is 17.8 Å². The SMILES string of the molecule is NC(=O)N[C@@H](Cc1ccccc1)C(=O)NCc1ccccc1. The molecule has 1 atom stereocenters. The summed E-state index contributed by atoms with van der Waals surface area (Å²) in [7, 11) is 0. The Morgan fingerprint density at radius 3 is 2.00 bits per heavy atom. The predicted octanol–water partition coefficient (Wildman–Crippen LogP) is 1.58. The van der Waals surface area contributed by atoms with E-state index < -0.39 is 12.1 Å². The number of carbonyl (C=O) groups is 2. The maximum absolute atomic E-state index is 12.3. The molecule has 0 radical (unpaired) electrons. The molecule has 0 saturated carbocycles. The van der Waals surface area contributed by atoms with Gasteiger partial charge in [-0.15, -0.1) is 0 Å². The normalized spacial score (nSPS) is 11.5. The Morgan fingerprint density at radius 1 is 0.909 bits per heavy atom. The summed E-state index contributed by atoms with van der Waals surface area (Å²) in [6.07, 6.45) is 0.393. The van der Waals surface area contributed by atoms with Crippen LogP contribution >= 0.6 is 0 Å². The van der Waals surface area contributed by atoms with Crippen molar-refractivity contribution in [3.8, 4) is 0 Å². The van der Waals surface area contributed by atoms with E-state index >= 15 is 0 Å². The van der Waals surface area contributed by atoms with Crippen molar-refractivity contribution in [1.82, 2.24) is 10.6 Å². The van der Waals surface area contributed by atoms with E-state index in [9.17, 15) is 9.59 Å². The van der Waals surface area contributed by atoms with Gasteiger partial charge in [0.15, 0.2) is 0 Å². The van der Waals surface area contributed by atoms with Gasteiger partial charge < -0.3 is 16.4 Å². The zero-order valence-electron chi connectivity index (χ0n) is 12.2. The van der Waals surface area contributed by atoms with Crippen molar-refractivity contribution in [2.75, 3.05) is 0 Å². The van der Waals surface area contributed by atoms with E-state index in [2.05, 4.69) is 10.6 Å². The Hall–Kier alpha value is -2.82. The molecular weight excluding hydrogens is 278 g/mol. The molecule has 4 N–H and O–H groups in total. The first-order chi connectivity index (χ1) is 10.6. The zero-order chi connectivity index (χ0) is 15.8. The lowest BCUT2D eigenvalue weighted by atomic mass is 10.1. The molecule has 2 aromatic carbocycles. The standard InChI is InChI=1S/C17H19N3O2/c18-17(22)20-15(11-13-7-3-1-4-8-13)16(21)19-12-14-9-5-2-6-10-14/h1-10,15H,11-12H2,(H,19,21)(H3,18,20,22)/t15-/m0/s1. The average molecular weight is 297 g/mol. The number of primary amides is 1. The molecule has 0 aliphatic heterocycles. The van der Waals surface area contributed by atoms with Crippen LogP contribution in [0.2, 0.25) is 0 Å². The molecular formula is C17H19N3O2. The van der Waals surface area contributed by atoms with E-state index in [-0.39, 0.29) is 5.91 Å². The first-order valence-corrected chi connectivity index (χ1v) is 7.06. The fourth-order valence-electron chi connectivity index (χ4n) is 2.14. The molecule has 22 heavy (non-hydrogen) atoms. The number of nitrogens with two attached hydrogens (primary N) is 1. The highest BCUT2D eigenvalue weighted by molar-refractivity contribution is 5.86. The van der Waals surface area contributed by atoms with Crippen LogP contribution in [0.5, 0.6) is 0 Å². The Bertz CT molecular complexity index is 614. The van der Waals surface area contributed by atoms with Gasteiger partial charge in [-0.3, -0.25) is 4.79 Å². The number of benzene rings is 2. The van der Waals surface area contributed by atoms with Crippen LogP contribution in [0, 0.1) is 0 Å². The highest BCUT2D eigenvalue weighted by Gasteiger charge is 2.19. The zero-order valence-corrected chi connectivity index (χ0v) is 12.2. The lowest BCUT2D eigenvalue weighted by Gasteiger charge is -2.17. The number of amides is 3. The summed E-state index contributed by atoms with van der Waals surface area (Å²) in [4.78, 5) is 23.4. The van der Waals surface area contributed by atoms with Gasteiger partial charge in [-0.25, -0.2) is 4.79 Å². The van der Waals surface area contributed by atoms with E-state index in [0.717, 1.165) is 11.1 Å². The first kappa shape index (κ1) is 15.6. The molecule has 5 nitrogen and oxygen atoms in total. The third-order valence-electron chi connectivity index (χ3n) is 3.23. The smallest absolute Gasteiger partial charge is 0.312 e. The molecule has 0 fully saturated rings. The monoisotopic (exact) mass is 297 g/mol. The molecule has 0 aliphatic rings. The summed E-state index contributed by atoms with van der Waals surface area (Å²) in [5.41, 5.74) is 7.11. The number of carbonyl (C=O) groups excluding carboxylic acids is 2. The minimum Gasteiger partial charge on any atom is -0.352 e. The topological polar surface area (TPSA) is 84.2 Å². The third kappa shape index (κ3) is 4.94. The van der Waals surface area contributed by atoms with E-state index in [0.29, 0.717) is 13.0 Å². The van der Waals surface area contributed by atoms with Gasteiger partial charge in [-0.1, -0.05) is 60.7 Å². The molecule has 0 heterocycles. The van der Waals surface area contributed by atoms with Gasteiger partial charge in [0.25, 0.3) is 0 Å². The first-order valence-electron chi connectivity index (χ1n) is 7.06. The lowest BCUT2D eigenvalue weighted by Crippen LogP contribution is -2.49. The number of urea groups is 1. The van der Waals surface area contributed by atoms with Gasteiger partial charge in [0.2, 0.25) is 5.91 Å². The Labute approximate surface area is 129 Å². The number of hydrogen-bond donors (Lipinski definition) is 3. The Balaban J connectivity index is 1.98. The van der Waals surface area contributed by atoms with Gasteiger partial charge in [0.05, 0.1) is 0 Å². The van der Waals surface area contributed by atoms with Gasteiger partial charge in [-0.2, -0.15) is 0 Å². The molecule has 2 rings (SSSR count). The molecule has 2 aromatic rings. The average Bonchev–Trinajstić information content (AvgIpc) is 2.53. The predicted molar refractivity (Wildman–Crippen MR) is 84.9 cm³/mol. The van der Waals surface area contributed by atoms with Crippen molar-refractivity contribution in [1.29, 1.82) is 0 Å². The molecule has 0 saturated heterocycles. The van der Waals surface area contributed by atoms with Crippen molar-refractivity contribution >= 4 is 11.9 Å². The van der Waals surface area contributed by atoms with Crippen LogP contribution < -0.4 is 16.4 Å². The number of hydrogen-bond acceptors (Lipinski definition) is 2. The highest BCUT2D eigenvalue weighted by Crippen LogP contribution is 2.04. The van der Waals surface area contributed by atoms with Crippen molar-refractivity contribution < 1.29 is 9.59 Å². The summed E-state index contributed by atoms with van der Waals surface area (Å²) in [5, 5.41) is 5.31. The minimum atomic E-state index is -0.712. The maximum atomic E-state index is 12.3. The maximum Gasteiger partial charge on any atom is 0.312 e. The van der Waals surface area contributed by atoms with E-state index in [1.807, 2.05) is 60.7 Å². The van der Waals surface area contributed by atoms with Crippen molar-refractivity contribution in [3.05, 3.63) is 71.8 Å². The Morgan fingerprint density at radius 2 is 1.45 bits per heavy atom. The van der Waals surface area contributed by atoms with Crippen LogP contribution in [0.4, 0.5) is 4.79 Å². The second kappa shape index (κ2) is 7.83. The molecule has 0 aromatic heterocycles. The summed E-state index contributed by atoms with van der Waals surface area (Å²) >= 11 is 0. The molecule has 0 bridgehead atoms. The molecule has 0 unspecified atom stereocenters. The van der Waals surface area contributed by atoms with Crippen molar-refractivity contribution in [3.63, 3.8) is 0 Å². The number of nitrogens with one attached hydrogen (secondary N) is 2. The summed E-state index contributed by atoms with van der Waals surface area (Å²) in [5.74, 6) is -0.258. The van der Waals surface area contributed by atoms with E-state index in [1.165, 1.54) is 0 Å². The fraction of sp³-hybridized carbons (Fsp3) is 0.176. The van der Waals surface area contributed by atoms with Crippen LogP contribution in [0.15, 0.2) is 60.7 Å². The highest BCUT2D eigenvalue weighted by atomic mass is 16.2. The van der Waals surface area contributed by atoms with E-state index in [4.69, 9.17) is 5.73 Å². The van der Waals surface area contributed by atoms with Gasteiger partial charge in [0.1, 0.15) is 6.04 Å².